The van der Waals surface area contributed by atoms with Crippen LogP contribution >= 0.6 is 0 Å². The fourth-order valence-electron chi connectivity index (χ4n) is 0.960. The molecule has 1 aromatic rings. The molecule has 4 heteroatoms. The van der Waals surface area contributed by atoms with Crippen molar-refractivity contribution >= 4 is 32.6 Å². The zero-order chi connectivity index (χ0) is 9.84. The minimum Gasteiger partial charge on any atom is -0.462 e. The molecule has 0 atom stereocenters. The van der Waals surface area contributed by atoms with E-state index in [1.54, 1.807) is 19.1 Å². The van der Waals surface area contributed by atoms with Crippen LogP contribution in [-0.2, 0) is 4.74 Å². The van der Waals surface area contributed by atoms with Gasteiger partial charge in [-0.1, -0.05) is 29.1 Å². The third-order valence-corrected chi connectivity index (χ3v) is 1.57. The minimum absolute atomic E-state index is 0.321. The van der Waals surface area contributed by atoms with Crippen molar-refractivity contribution < 1.29 is 9.53 Å². The van der Waals surface area contributed by atoms with Crippen LogP contribution in [0.15, 0.2) is 18.2 Å². The molecule has 0 N–H and O–H groups in total. The molecule has 62 valence electrons. The van der Waals surface area contributed by atoms with Gasteiger partial charge in [-0.15, -0.1) is 0 Å². The summed E-state index contributed by atoms with van der Waals surface area (Å²) in [4.78, 5) is 11.3. The summed E-state index contributed by atoms with van der Waals surface area (Å²) < 4.78 is 4.79. The van der Waals surface area contributed by atoms with Crippen LogP contribution in [0, 0.1) is 0 Å². The first-order valence-corrected chi connectivity index (χ1v) is 3.97. The third-order valence-electron chi connectivity index (χ3n) is 1.57. The maximum Gasteiger partial charge on any atom is 0.337 e. The van der Waals surface area contributed by atoms with Gasteiger partial charge in [0, 0.05) is 0 Å². The van der Waals surface area contributed by atoms with Crippen LogP contribution in [0.5, 0.6) is 0 Å². The molecule has 0 saturated carbocycles. The normalized spacial score (nSPS) is 9.62. The molecule has 13 heavy (non-hydrogen) atoms. The standard InChI is InChI=1S/C9H8B2O2/c1-2-13-9(12)7-5-6(10)3-4-8(7)11/h3-5H,2H2,1H3. The summed E-state index contributed by atoms with van der Waals surface area (Å²) in [5.74, 6) is -0.438. The molecular weight excluding hydrogens is 162 g/mol. The van der Waals surface area contributed by atoms with Crippen molar-refractivity contribution in [3.8, 4) is 0 Å². The van der Waals surface area contributed by atoms with Crippen LogP contribution in [0.4, 0.5) is 0 Å². The fourth-order valence-corrected chi connectivity index (χ4v) is 0.960. The van der Waals surface area contributed by atoms with Gasteiger partial charge in [0.1, 0.15) is 15.7 Å². The van der Waals surface area contributed by atoms with Crippen molar-refractivity contribution in [1.82, 2.24) is 0 Å². The van der Waals surface area contributed by atoms with Gasteiger partial charge in [-0.2, -0.15) is 0 Å². The number of carbonyl (C=O) groups excluding carboxylic acids is 1. The van der Waals surface area contributed by atoms with Crippen molar-refractivity contribution in [2.24, 2.45) is 0 Å². The lowest BCUT2D eigenvalue weighted by molar-refractivity contribution is 0.0528. The van der Waals surface area contributed by atoms with Crippen LogP contribution in [0.2, 0.25) is 0 Å². The van der Waals surface area contributed by atoms with Gasteiger partial charge in [0.05, 0.1) is 12.2 Å². The Kier molecular flexibility index (Phi) is 3.18. The van der Waals surface area contributed by atoms with Crippen molar-refractivity contribution in [2.45, 2.75) is 6.92 Å². The highest BCUT2D eigenvalue weighted by Gasteiger charge is 2.08. The van der Waals surface area contributed by atoms with E-state index in [0.717, 1.165) is 0 Å². The van der Waals surface area contributed by atoms with Gasteiger partial charge >= 0.3 is 5.97 Å². The molecule has 0 aliphatic carbocycles. The van der Waals surface area contributed by atoms with Crippen molar-refractivity contribution in [1.29, 1.82) is 0 Å². The van der Waals surface area contributed by atoms with Gasteiger partial charge in [-0.3, -0.25) is 0 Å². The van der Waals surface area contributed by atoms with Gasteiger partial charge in [-0.25, -0.2) is 4.79 Å². The predicted octanol–water partition coefficient (Wildman–Crippen LogP) is -0.549. The van der Waals surface area contributed by atoms with Crippen LogP contribution in [-0.4, -0.2) is 28.3 Å². The Balaban J connectivity index is 2.99. The van der Waals surface area contributed by atoms with Crippen molar-refractivity contribution in [3.63, 3.8) is 0 Å². The van der Waals surface area contributed by atoms with Gasteiger partial charge in [0.15, 0.2) is 0 Å². The van der Waals surface area contributed by atoms with Crippen LogP contribution in [0.25, 0.3) is 0 Å². The van der Waals surface area contributed by atoms with Gasteiger partial charge in [0.25, 0.3) is 0 Å². The molecule has 2 nitrogen and oxygen atoms in total. The maximum atomic E-state index is 11.3. The predicted molar refractivity (Wildman–Crippen MR) is 53.2 cm³/mol. The zero-order valence-corrected chi connectivity index (χ0v) is 7.41. The molecule has 1 rings (SSSR count). The van der Waals surface area contributed by atoms with Gasteiger partial charge in [0.2, 0.25) is 0 Å². The summed E-state index contributed by atoms with van der Waals surface area (Å²) in [6.07, 6.45) is 0. The molecule has 0 unspecified atom stereocenters. The molecule has 1 aromatic carbocycles. The Morgan fingerprint density at radius 2 is 2.15 bits per heavy atom. The Morgan fingerprint density at radius 3 is 2.77 bits per heavy atom. The first-order chi connectivity index (χ1) is 6.15. The number of rotatable bonds is 2. The largest absolute Gasteiger partial charge is 0.462 e. The maximum absolute atomic E-state index is 11.3. The monoisotopic (exact) mass is 170 g/mol. The highest BCUT2D eigenvalue weighted by Crippen LogP contribution is 1.95. The van der Waals surface area contributed by atoms with Crippen LogP contribution in [0.3, 0.4) is 0 Å². The van der Waals surface area contributed by atoms with Gasteiger partial charge < -0.3 is 4.74 Å². The molecule has 0 aromatic heterocycles. The lowest BCUT2D eigenvalue weighted by atomic mass is 9.85. The van der Waals surface area contributed by atoms with Crippen LogP contribution < -0.4 is 10.9 Å². The molecule has 0 heterocycles. The summed E-state index contributed by atoms with van der Waals surface area (Å²) >= 11 is 0. The molecule has 0 amide bonds. The number of hydrogen-bond donors (Lipinski definition) is 0. The fraction of sp³-hybridized carbons (Fsp3) is 0.222. The lowest BCUT2D eigenvalue weighted by Crippen LogP contribution is -2.21. The molecule has 0 aliphatic heterocycles. The third kappa shape index (κ3) is 2.38. The van der Waals surface area contributed by atoms with E-state index in [1.807, 2.05) is 0 Å². The highest BCUT2D eigenvalue weighted by atomic mass is 16.5. The average molecular weight is 170 g/mol. The summed E-state index contributed by atoms with van der Waals surface area (Å²) in [6, 6.07) is 4.73. The second-order valence-corrected chi connectivity index (χ2v) is 2.57. The topological polar surface area (TPSA) is 26.3 Å². The molecule has 4 radical (unpaired) electrons. The van der Waals surface area contributed by atoms with Crippen LogP contribution in [0.1, 0.15) is 17.3 Å². The Morgan fingerprint density at radius 1 is 1.46 bits per heavy atom. The molecule has 0 fully saturated rings. The Labute approximate surface area is 80.1 Å². The average Bonchev–Trinajstić information content (AvgIpc) is 2.09. The lowest BCUT2D eigenvalue weighted by Gasteiger charge is -2.06. The van der Waals surface area contributed by atoms with Crippen molar-refractivity contribution in [2.75, 3.05) is 6.61 Å². The molecule has 0 saturated heterocycles. The van der Waals surface area contributed by atoms with E-state index in [-0.39, 0.29) is 0 Å². The number of ether oxygens (including phenoxy) is 1. The quantitative estimate of drug-likeness (QED) is 0.439. The molecular formula is C9H8B2O2. The summed E-state index contributed by atoms with van der Waals surface area (Å²) in [6.45, 7) is 2.06. The second-order valence-electron chi connectivity index (χ2n) is 2.57. The number of carbonyl (C=O) groups is 1. The van der Waals surface area contributed by atoms with E-state index >= 15 is 0 Å². The van der Waals surface area contributed by atoms with Gasteiger partial charge in [-0.05, 0) is 6.92 Å². The van der Waals surface area contributed by atoms with E-state index in [0.29, 0.717) is 23.1 Å². The Hall–Kier alpha value is -1.18. The first kappa shape index (κ1) is 9.90. The molecule has 0 spiro atoms. The minimum atomic E-state index is -0.438. The smallest absolute Gasteiger partial charge is 0.337 e. The number of esters is 1. The summed E-state index contributed by atoms with van der Waals surface area (Å²) in [5.41, 5.74) is 1.20. The van der Waals surface area contributed by atoms with E-state index in [2.05, 4.69) is 0 Å². The van der Waals surface area contributed by atoms with E-state index in [9.17, 15) is 4.79 Å². The molecule has 0 bridgehead atoms. The van der Waals surface area contributed by atoms with Crippen molar-refractivity contribution in [3.05, 3.63) is 23.8 Å². The summed E-state index contributed by atoms with van der Waals surface area (Å²) in [7, 11) is 11.1. The number of benzene rings is 1. The Bertz CT molecular complexity index is 323. The summed E-state index contributed by atoms with van der Waals surface area (Å²) in [5, 5.41) is 0. The van der Waals surface area contributed by atoms with E-state index in [1.165, 1.54) is 6.07 Å². The SMILES string of the molecule is [B]c1ccc([B])c(C(=O)OCC)c1. The second kappa shape index (κ2) is 4.17. The zero-order valence-electron chi connectivity index (χ0n) is 7.41. The number of hydrogen-bond acceptors (Lipinski definition) is 2. The molecule has 0 aliphatic rings. The first-order valence-electron chi connectivity index (χ1n) is 3.97. The van der Waals surface area contributed by atoms with E-state index < -0.39 is 5.97 Å². The van der Waals surface area contributed by atoms with E-state index in [4.69, 9.17) is 20.4 Å². The highest BCUT2D eigenvalue weighted by molar-refractivity contribution is 6.38.